The van der Waals surface area contributed by atoms with Crippen molar-refractivity contribution < 1.29 is 9.84 Å². The van der Waals surface area contributed by atoms with Crippen LogP contribution in [0.4, 0.5) is 0 Å². The Morgan fingerprint density at radius 3 is 2.45 bits per heavy atom. The van der Waals surface area contributed by atoms with Crippen LogP contribution < -0.4 is 10.1 Å². The van der Waals surface area contributed by atoms with Gasteiger partial charge in [-0.2, -0.15) is 0 Å². The maximum Gasteiger partial charge on any atom is 0.126 e. The fourth-order valence-corrected chi connectivity index (χ4v) is 2.89. The summed E-state index contributed by atoms with van der Waals surface area (Å²) < 4.78 is 5.41. The minimum atomic E-state index is -0.461. The van der Waals surface area contributed by atoms with Gasteiger partial charge in [0.05, 0.1) is 12.7 Å². The van der Waals surface area contributed by atoms with Crippen LogP contribution in [0.15, 0.2) is 48.5 Å². The molecule has 116 valence electrons. The fourth-order valence-electron chi connectivity index (χ4n) is 2.89. The minimum absolute atomic E-state index is 0.461. The van der Waals surface area contributed by atoms with Gasteiger partial charge in [0.25, 0.3) is 0 Å². The third-order valence-electron chi connectivity index (χ3n) is 4.44. The van der Waals surface area contributed by atoms with Gasteiger partial charge in [0.1, 0.15) is 5.75 Å². The monoisotopic (exact) mass is 297 g/mol. The second kappa shape index (κ2) is 6.51. The van der Waals surface area contributed by atoms with Crippen LogP contribution in [0.5, 0.6) is 5.75 Å². The lowest BCUT2D eigenvalue weighted by molar-refractivity contribution is -0.0314. The Labute approximate surface area is 131 Å². The number of hydrogen-bond donors (Lipinski definition) is 2. The first kappa shape index (κ1) is 15.1. The topological polar surface area (TPSA) is 41.5 Å². The molecule has 0 aliphatic heterocycles. The van der Waals surface area contributed by atoms with Gasteiger partial charge in [0, 0.05) is 18.7 Å². The Kier molecular flexibility index (Phi) is 4.46. The van der Waals surface area contributed by atoms with Crippen LogP contribution in [-0.2, 0) is 6.54 Å². The summed E-state index contributed by atoms with van der Waals surface area (Å²) in [6.45, 7) is 1.47. The molecule has 1 saturated carbocycles. The van der Waals surface area contributed by atoms with E-state index in [1.165, 1.54) is 5.56 Å². The molecule has 0 unspecified atom stereocenters. The lowest BCUT2D eigenvalue weighted by atomic mass is 9.80. The Balaban J connectivity index is 1.62. The zero-order chi connectivity index (χ0) is 15.4. The lowest BCUT2D eigenvalue weighted by Crippen LogP contribution is -2.45. The van der Waals surface area contributed by atoms with Crippen molar-refractivity contribution in [2.24, 2.45) is 0 Å². The van der Waals surface area contributed by atoms with E-state index in [-0.39, 0.29) is 0 Å². The van der Waals surface area contributed by atoms with Crippen molar-refractivity contribution in [3.63, 3.8) is 0 Å². The average Bonchev–Trinajstić information content (AvgIpc) is 2.54. The number of ether oxygens (including phenoxy) is 1. The zero-order valence-corrected chi connectivity index (χ0v) is 13.0. The van der Waals surface area contributed by atoms with Crippen molar-refractivity contribution in [2.75, 3.05) is 13.7 Å². The first-order chi connectivity index (χ1) is 10.7. The molecule has 2 N–H and O–H groups in total. The van der Waals surface area contributed by atoms with Crippen molar-refractivity contribution in [2.45, 2.75) is 31.4 Å². The van der Waals surface area contributed by atoms with Gasteiger partial charge in [-0.25, -0.2) is 0 Å². The number of methoxy groups -OCH3 is 1. The van der Waals surface area contributed by atoms with E-state index in [2.05, 4.69) is 35.6 Å². The summed E-state index contributed by atoms with van der Waals surface area (Å²) in [6.07, 6.45) is 2.99. The second-order valence-electron chi connectivity index (χ2n) is 6.08. The van der Waals surface area contributed by atoms with Crippen LogP contribution in [0.3, 0.4) is 0 Å². The first-order valence-corrected chi connectivity index (χ1v) is 7.86. The molecule has 0 spiro atoms. The van der Waals surface area contributed by atoms with Crippen molar-refractivity contribution in [3.05, 3.63) is 54.1 Å². The van der Waals surface area contributed by atoms with Gasteiger partial charge in [-0.15, -0.1) is 0 Å². The largest absolute Gasteiger partial charge is 0.496 e. The standard InChI is InChI=1S/C19H23NO2/c1-22-18-6-3-2-5-17(18)16-9-7-15(8-10-16)13-20-14-19(21)11-4-12-19/h2-3,5-10,20-21H,4,11-14H2,1H3. The zero-order valence-electron chi connectivity index (χ0n) is 13.0. The summed E-state index contributed by atoms with van der Waals surface area (Å²) in [6, 6.07) is 16.5. The molecular formula is C19H23NO2. The van der Waals surface area contributed by atoms with Crippen LogP contribution in [0.1, 0.15) is 24.8 Å². The molecule has 0 atom stereocenters. The molecule has 3 rings (SSSR count). The van der Waals surface area contributed by atoms with Gasteiger partial charge in [-0.3, -0.25) is 0 Å². The Hall–Kier alpha value is -1.84. The molecule has 22 heavy (non-hydrogen) atoms. The van der Waals surface area contributed by atoms with Crippen molar-refractivity contribution >= 4 is 0 Å². The normalized spacial score (nSPS) is 16.1. The highest BCUT2D eigenvalue weighted by Gasteiger charge is 2.33. The van der Waals surface area contributed by atoms with Gasteiger partial charge in [-0.1, -0.05) is 42.5 Å². The van der Waals surface area contributed by atoms with E-state index >= 15 is 0 Å². The molecule has 0 bridgehead atoms. The van der Waals surface area contributed by atoms with Crippen molar-refractivity contribution in [3.8, 4) is 16.9 Å². The number of rotatable bonds is 6. The number of aliphatic hydroxyl groups is 1. The number of para-hydroxylation sites is 1. The van der Waals surface area contributed by atoms with Crippen LogP contribution in [0.25, 0.3) is 11.1 Å². The summed E-state index contributed by atoms with van der Waals surface area (Å²) in [4.78, 5) is 0. The second-order valence-corrected chi connectivity index (χ2v) is 6.08. The van der Waals surface area contributed by atoms with Crippen LogP contribution in [0, 0.1) is 0 Å². The summed E-state index contributed by atoms with van der Waals surface area (Å²) in [5, 5.41) is 13.4. The fraction of sp³-hybridized carbons (Fsp3) is 0.368. The Bertz CT molecular complexity index is 618. The molecule has 0 aromatic heterocycles. The summed E-state index contributed by atoms with van der Waals surface area (Å²) >= 11 is 0. The van der Waals surface area contributed by atoms with Crippen LogP contribution in [-0.4, -0.2) is 24.4 Å². The first-order valence-electron chi connectivity index (χ1n) is 7.86. The predicted molar refractivity (Wildman–Crippen MR) is 88.9 cm³/mol. The lowest BCUT2D eigenvalue weighted by Gasteiger charge is -2.36. The minimum Gasteiger partial charge on any atom is -0.496 e. The third kappa shape index (κ3) is 3.32. The molecule has 1 fully saturated rings. The van der Waals surface area contributed by atoms with E-state index in [0.29, 0.717) is 6.54 Å². The number of benzene rings is 2. The van der Waals surface area contributed by atoms with Gasteiger partial charge < -0.3 is 15.2 Å². The molecule has 0 amide bonds. The van der Waals surface area contributed by atoms with E-state index in [9.17, 15) is 5.11 Å². The number of hydrogen-bond acceptors (Lipinski definition) is 3. The highest BCUT2D eigenvalue weighted by atomic mass is 16.5. The summed E-state index contributed by atoms with van der Waals surface area (Å²) in [5.41, 5.74) is 3.02. The average molecular weight is 297 g/mol. The summed E-state index contributed by atoms with van der Waals surface area (Å²) in [5.74, 6) is 0.889. The maximum atomic E-state index is 10.1. The van der Waals surface area contributed by atoms with E-state index in [0.717, 1.165) is 42.7 Å². The quantitative estimate of drug-likeness (QED) is 0.859. The molecular weight excluding hydrogens is 274 g/mol. The molecule has 1 aliphatic rings. The molecule has 0 heterocycles. The SMILES string of the molecule is COc1ccccc1-c1ccc(CNCC2(O)CCC2)cc1. The molecule has 0 radical (unpaired) electrons. The van der Waals surface area contributed by atoms with Gasteiger partial charge in [0.15, 0.2) is 0 Å². The molecule has 2 aromatic rings. The number of nitrogens with one attached hydrogen (secondary N) is 1. The van der Waals surface area contributed by atoms with E-state index in [1.807, 2.05) is 18.2 Å². The van der Waals surface area contributed by atoms with E-state index < -0.39 is 5.60 Å². The Morgan fingerprint density at radius 1 is 1.09 bits per heavy atom. The smallest absolute Gasteiger partial charge is 0.126 e. The molecule has 2 aromatic carbocycles. The molecule has 3 heteroatoms. The van der Waals surface area contributed by atoms with Crippen molar-refractivity contribution in [1.29, 1.82) is 0 Å². The third-order valence-corrected chi connectivity index (χ3v) is 4.44. The Morgan fingerprint density at radius 2 is 1.82 bits per heavy atom. The molecule has 3 nitrogen and oxygen atoms in total. The highest BCUT2D eigenvalue weighted by Crippen LogP contribution is 2.31. The highest BCUT2D eigenvalue weighted by molar-refractivity contribution is 5.70. The summed E-state index contributed by atoms with van der Waals surface area (Å²) in [7, 11) is 1.70. The van der Waals surface area contributed by atoms with Gasteiger partial charge in [-0.05, 0) is 36.5 Å². The van der Waals surface area contributed by atoms with Gasteiger partial charge >= 0.3 is 0 Å². The van der Waals surface area contributed by atoms with E-state index in [1.54, 1.807) is 7.11 Å². The maximum absolute atomic E-state index is 10.1. The van der Waals surface area contributed by atoms with Crippen molar-refractivity contribution in [1.82, 2.24) is 5.32 Å². The molecule has 1 aliphatic carbocycles. The molecule has 0 saturated heterocycles. The van der Waals surface area contributed by atoms with E-state index in [4.69, 9.17) is 4.74 Å². The van der Waals surface area contributed by atoms with Gasteiger partial charge in [0.2, 0.25) is 0 Å². The van der Waals surface area contributed by atoms with Crippen LogP contribution in [0.2, 0.25) is 0 Å². The van der Waals surface area contributed by atoms with Crippen LogP contribution >= 0.6 is 0 Å². The predicted octanol–water partition coefficient (Wildman–Crippen LogP) is 3.37.